The van der Waals surface area contributed by atoms with Crippen LogP contribution < -0.4 is 0 Å². The van der Waals surface area contributed by atoms with Gasteiger partial charge in [-0.05, 0) is 25.0 Å². The summed E-state index contributed by atoms with van der Waals surface area (Å²) in [5.74, 6) is 0.981. The van der Waals surface area contributed by atoms with Gasteiger partial charge in [-0.15, -0.1) is 0 Å². The molecule has 0 fully saturated rings. The molecule has 0 amide bonds. The molecular weight excluding hydrogens is 250 g/mol. The molecule has 0 N–H and O–H groups in total. The number of hydrogen-bond donors (Lipinski definition) is 0. The SMILES string of the molecule is CCC(=NC(C)(C)C)[N-]CN(CC)CC.[Cu+]. The second-order valence-electron chi connectivity index (χ2n) is 4.66. The van der Waals surface area contributed by atoms with E-state index in [-0.39, 0.29) is 22.6 Å². The third kappa shape index (κ3) is 9.20. The Morgan fingerprint density at radius 2 is 1.62 bits per heavy atom. The first kappa shape index (κ1) is 18.3. The van der Waals surface area contributed by atoms with E-state index in [0.29, 0.717) is 0 Å². The summed E-state index contributed by atoms with van der Waals surface area (Å²) in [6.45, 7) is 15.6. The molecule has 3 nitrogen and oxygen atoms in total. The van der Waals surface area contributed by atoms with E-state index >= 15 is 0 Å². The average Bonchev–Trinajstić information content (AvgIpc) is 2.15. The maximum absolute atomic E-state index is 4.59. The van der Waals surface area contributed by atoms with E-state index in [9.17, 15) is 0 Å². The fourth-order valence-electron chi connectivity index (χ4n) is 1.22. The Morgan fingerprint density at radius 1 is 1.12 bits per heavy atom. The van der Waals surface area contributed by atoms with Gasteiger partial charge in [0.2, 0.25) is 0 Å². The van der Waals surface area contributed by atoms with E-state index in [2.05, 4.69) is 56.8 Å². The molecule has 0 aromatic heterocycles. The van der Waals surface area contributed by atoms with Crippen LogP contribution in [0.2, 0.25) is 0 Å². The van der Waals surface area contributed by atoms with E-state index in [1.54, 1.807) is 0 Å². The van der Waals surface area contributed by atoms with Gasteiger partial charge in [0.05, 0.1) is 0 Å². The smallest absolute Gasteiger partial charge is 0.463 e. The first-order chi connectivity index (χ1) is 6.92. The van der Waals surface area contributed by atoms with Crippen molar-refractivity contribution in [3.8, 4) is 0 Å². The second-order valence-corrected chi connectivity index (χ2v) is 4.66. The van der Waals surface area contributed by atoms with E-state index in [4.69, 9.17) is 0 Å². The molecule has 0 unspecified atom stereocenters. The predicted octanol–water partition coefficient (Wildman–Crippen LogP) is 3.26. The van der Waals surface area contributed by atoms with Gasteiger partial charge in [-0.25, -0.2) is 0 Å². The maximum Gasteiger partial charge on any atom is 1.00 e. The summed E-state index contributed by atoms with van der Waals surface area (Å²) in [4.78, 5) is 6.88. The summed E-state index contributed by atoms with van der Waals surface area (Å²) in [5.41, 5.74) is -0.0158. The molecule has 0 atom stereocenters. The zero-order valence-corrected chi connectivity index (χ0v) is 12.4. The zero-order chi connectivity index (χ0) is 11.9. The third-order valence-electron chi connectivity index (χ3n) is 2.13. The summed E-state index contributed by atoms with van der Waals surface area (Å²) in [5, 5.41) is 4.55. The van der Waals surface area contributed by atoms with Gasteiger partial charge < -0.3 is 15.2 Å². The molecule has 0 spiro atoms. The van der Waals surface area contributed by atoms with Crippen LogP contribution in [0.1, 0.15) is 48.0 Å². The molecule has 0 aliphatic rings. The van der Waals surface area contributed by atoms with E-state index in [1.165, 1.54) is 0 Å². The van der Waals surface area contributed by atoms with Crippen molar-refractivity contribution in [1.29, 1.82) is 0 Å². The Labute approximate surface area is 112 Å². The van der Waals surface area contributed by atoms with Gasteiger partial charge in [0.1, 0.15) is 0 Å². The van der Waals surface area contributed by atoms with Crippen LogP contribution >= 0.6 is 0 Å². The topological polar surface area (TPSA) is 29.7 Å². The van der Waals surface area contributed by atoms with Gasteiger partial charge in [0, 0.05) is 6.67 Å². The van der Waals surface area contributed by atoms with Crippen LogP contribution in [-0.2, 0) is 17.1 Å². The van der Waals surface area contributed by atoms with Crippen LogP contribution in [0.4, 0.5) is 0 Å². The third-order valence-corrected chi connectivity index (χ3v) is 2.13. The summed E-state index contributed by atoms with van der Waals surface area (Å²) < 4.78 is 0. The molecule has 0 saturated heterocycles. The van der Waals surface area contributed by atoms with Crippen molar-refractivity contribution in [2.75, 3.05) is 19.8 Å². The van der Waals surface area contributed by atoms with Crippen LogP contribution in [0, 0.1) is 0 Å². The Morgan fingerprint density at radius 3 is 1.94 bits per heavy atom. The van der Waals surface area contributed by atoms with E-state index in [1.807, 2.05) is 0 Å². The van der Waals surface area contributed by atoms with Crippen LogP contribution in [0.3, 0.4) is 0 Å². The molecule has 100 valence electrons. The molecule has 0 radical (unpaired) electrons. The number of nitrogens with zero attached hydrogens (tertiary/aromatic N) is 3. The fraction of sp³-hybridized carbons (Fsp3) is 0.917. The van der Waals surface area contributed by atoms with Crippen molar-refractivity contribution >= 4 is 5.84 Å². The summed E-state index contributed by atoms with van der Waals surface area (Å²) in [6.07, 6.45) is 0.915. The molecule has 0 rings (SSSR count). The summed E-state index contributed by atoms with van der Waals surface area (Å²) in [6, 6.07) is 0. The maximum atomic E-state index is 4.59. The molecular formula is C12H26CuN3. The quantitative estimate of drug-likeness (QED) is 0.430. The standard InChI is InChI=1S/C12H26N3.Cu/c1-7-11(14-12(4,5)6)13-10-15(8-2)9-3;/h7-10H2,1-6H3;/q-1;+1. The Bertz CT molecular complexity index is 193. The van der Waals surface area contributed by atoms with Crippen LogP contribution in [-0.4, -0.2) is 36.0 Å². The van der Waals surface area contributed by atoms with Gasteiger partial charge in [0.15, 0.2) is 0 Å². The molecule has 0 aromatic rings. The Hall–Kier alpha value is -0.0505. The first-order valence-corrected chi connectivity index (χ1v) is 5.91. The molecule has 0 aliphatic carbocycles. The minimum Gasteiger partial charge on any atom is -0.463 e. The van der Waals surface area contributed by atoms with Crippen molar-refractivity contribution < 1.29 is 17.1 Å². The second kappa shape index (κ2) is 9.03. The molecule has 0 saturated carbocycles. The molecule has 4 heteroatoms. The van der Waals surface area contributed by atoms with Crippen molar-refractivity contribution in [3.63, 3.8) is 0 Å². The van der Waals surface area contributed by atoms with Crippen molar-refractivity contribution in [2.24, 2.45) is 4.99 Å². The van der Waals surface area contributed by atoms with Crippen LogP contribution in [0.25, 0.3) is 5.32 Å². The number of rotatable bonds is 5. The number of amidine groups is 1. The van der Waals surface area contributed by atoms with Crippen molar-refractivity contribution in [2.45, 2.75) is 53.5 Å². The molecule has 0 aliphatic heterocycles. The fourth-order valence-corrected chi connectivity index (χ4v) is 1.22. The van der Waals surface area contributed by atoms with Crippen molar-refractivity contribution in [1.82, 2.24) is 4.90 Å². The minimum atomic E-state index is -0.0158. The van der Waals surface area contributed by atoms with Gasteiger partial charge in [0.25, 0.3) is 0 Å². The normalized spacial score (nSPS) is 12.6. The minimum absolute atomic E-state index is 0. The molecule has 16 heavy (non-hydrogen) atoms. The van der Waals surface area contributed by atoms with Gasteiger partial charge in [-0.2, -0.15) is 0 Å². The van der Waals surface area contributed by atoms with Crippen LogP contribution in [0.15, 0.2) is 4.99 Å². The predicted molar refractivity (Wildman–Crippen MR) is 68.6 cm³/mol. The molecule has 0 bridgehead atoms. The van der Waals surface area contributed by atoms with Gasteiger partial charge >= 0.3 is 17.1 Å². The van der Waals surface area contributed by atoms with Gasteiger partial charge in [-0.1, -0.05) is 47.4 Å². The molecule has 0 aromatic carbocycles. The van der Waals surface area contributed by atoms with Gasteiger partial charge in [-0.3, -0.25) is 0 Å². The first-order valence-electron chi connectivity index (χ1n) is 5.91. The number of hydrogen-bond acceptors (Lipinski definition) is 2. The Kier molecular flexibility index (Phi) is 10.3. The largest absolute Gasteiger partial charge is 1.00 e. The van der Waals surface area contributed by atoms with E-state index < -0.39 is 0 Å². The number of aliphatic imine (C=N–C) groups is 1. The molecule has 0 heterocycles. The van der Waals surface area contributed by atoms with Crippen molar-refractivity contribution in [3.05, 3.63) is 5.32 Å². The van der Waals surface area contributed by atoms with E-state index in [0.717, 1.165) is 32.0 Å². The Balaban J connectivity index is 0. The zero-order valence-electron chi connectivity index (χ0n) is 11.5. The summed E-state index contributed by atoms with van der Waals surface area (Å²) in [7, 11) is 0. The monoisotopic (exact) mass is 275 g/mol. The summed E-state index contributed by atoms with van der Waals surface area (Å²) >= 11 is 0. The average molecular weight is 276 g/mol. The van der Waals surface area contributed by atoms with Crippen LogP contribution in [0.5, 0.6) is 0 Å².